The van der Waals surface area contributed by atoms with Gasteiger partial charge in [0.05, 0.1) is 18.5 Å². The van der Waals surface area contributed by atoms with Crippen LogP contribution in [0.5, 0.6) is 0 Å². The van der Waals surface area contributed by atoms with E-state index in [1.807, 2.05) is 55.5 Å². The van der Waals surface area contributed by atoms with Crippen LogP contribution in [0.25, 0.3) is 28.2 Å². The van der Waals surface area contributed by atoms with Crippen molar-refractivity contribution in [2.24, 2.45) is 0 Å². The van der Waals surface area contributed by atoms with Crippen LogP contribution in [-0.4, -0.2) is 32.8 Å². The number of nitrogens with zero attached hydrogens (tertiary/aromatic N) is 3. The van der Waals surface area contributed by atoms with E-state index < -0.39 is 12.1 Å². The van der Waals surface area contributed by atoms with Crippen LogP contribution in [-0.2, 0) is 9.53 Å². The van der Waals surface area contributed by atoms with E-state index in [4.69, 9.17) is 21.4 Å². The molecule has 6 nitrogen and oxygen atoms in total. The van der Waals surface area contributed by atoms with Crippen molar-refractivity contribution in [2.75, 3.05) is 7.11 Å². The fourth-order valence-electron chi connectivity index (χ4n) is 3.47. The van der Waals surface area contributed by atoms with Crippen LogP contribution in [0.15, 0.2) is 54.6 Å². The fraction of sp³-hybridized carbons (Fsp3) is 0.174. The molecule has 0 saturated heterocycles. The number of rotatable bonds is 4. The number of fused-ring (bicyclic) bond motifs is 1. The Labute approximate surface area is 178 Å². The number of aryl methyl sites for hydroxylation is 2. The zero-order valence-corrected chi connectivity index (χ0v) is 17.5. The predicted molar refractivity (Wildman–Crippen MR) is 115 cm³/mol. The van der Waals surface area contributed by atoms with Crippen LogP contribution < -0.4 is 0 Å². The van der Waals surface area contributed by atoms with Gasteiger partial charge in [-0.15, -0.1) is 0 Å². The number of hydrogen-bond acceptors (Lipinski definition) is 5. The SMILES string of the molecule is COC(=O)C(O)c1c(C)nc2cc(-c3cccc(Cl)c3)nn2c1-c1ccc(C)cc1. The first-order chi connectivity index (χ1) is 14.4. The molecule has 4 rings (SSSR count). The summed E-state index contributed by atoms with van der Waals surface area (Å²) in [5.41, 5.74) is 5.48. The van der Waals surface area contributed by atoms with Crippen molar-refractivity contribution in [1.29, 1.82) is 0 Å². The minimum absolute atomic E-state index is 0.360. The molecular weight excluding hydrogens is 402 g/mol. The zero-order valence-electron chi connectivity index (χ0n) is 16.8. The van der Waals surface area contributed by atoms with Gasteiger partial charge in [0.25, 0.3) is 0 Å². The normalized spacial score (nSPS) is 12.2. The standard InChI is InChI=1S/C23H20ClN3O3/c1-13-7-9-15(10-8-13)21-20(22(28)23(29)30-3)14(2)25-19-12-18(26-27(19)21)16-5-4-6-17(24)11-16/h4-12,22,28H,1-3H3. The van der Waals surface area contributed by atoms with Crippen LogP contribution in [0, 0.1) is 13.8 Å². The molecule has 1 unspecified atom stereocenters. The first-order valence-corrected chi connectivity index (χ1v) is 9.76. The molecule has 0 spiro atoms. The number of esters is 1. The maximum atomic E-state index is 12.2. The lowest BCUT2D eigenvalue weighted by Gasteiger charge is -2.17. The second-order valence-corrected chi connectivity index (χ2v) is 7.50. The lowest BCUT2D eigenvalue weighted by atomic mass is 9.99. The van der Waals surface area contributed by atoms with E-state index in [9.17, 15) is 9.90 Å². The molecule has 0 amide bonds. The number of halogens is 1. The zero-order chi connectivity index (χ0) is 21.4. The molecule has 0 aliphatic carbocycles. The average Bonchev–Trinajstić information content (AvgIpc) is 3.16. The van der Waals surface area contributed by atoms with Crippen LogP contribution in [0.2, 0.25) is 5.02 Å². The summed E-state index contributed by atoms with van der Waals surface area (Å²) in [5.74, 6) is -0.755. The number of aliphatic hydroxyl groups excluding tert-OH is 1. The fourth-order valence-corrected chi connectivity index (χ4v) is 3.66. The van der Waals surface area contributed by atoms with Crippen molar-refractivity contribution in [3.05, 3.63) is 76.4 Å². The van der Waals surface area contributed by atoms with Crippen molar-refractivity contribution in [3.8, 4) is 22.5 Å². The highest BCUT2D eigenvalue weighted by molar-refractivity contribution is 6.30. The Morgan fingerprint density at radius 3 is 2.50 bits per heavy atom. The Morgan fingerprint density at radius 2 is 1.83 bits per heavy atom. The summed E-state index contributed by atoms with van der Waals surface area (Å²) in [7, 11) is 1.24. The molecule has 1 N–H and O–H groups in total. The Hall–Kier alpha value is -3.22. The highest BCUT2D eigenvalue weighted by atomic mass is 35.5. The predicted octanol–water partition coefficient (Wildman–Crippen LogP) is 4.54. The van der Waals surface area contributed by atoms with Gasteiger partial charge in [-0.1, -0.05) is 53.6 Å². The summed E-state index contributed by atoms with van der Waals surface area (Å²) in [5, 5.41) is 16.0. The third-order valence-electron chi connectivity index (χ3n) is 4.97. The van der Waals surface area contributed by atoms with Gasteiger partial charge in [0.2, 0.25) is 0 Å². The maximum Gasteiger partial charge on any atom is 0.339 e. The second-order valence-electron chi connectivity index (χ2n) is 7.06. The molecule has 2 aromatic heterocycles. The van der Waals surface area contributed by atoms with Crippen LogP contribution in [0.4, 0.5) is 0 Å². The molecule has 2 heterocycles. The van der Waals surface area contributed by atoms with E-state index in [0.29, 0.717) is 33.3 Å². The Balaban J connectivity index is 2.03. The first-order valence-electron chi connectivity index (χ1n) is 9.38. The largest absolute Gasteiger partial charge is 0.467 e. The maximum absolute atomic E-state index is 12.2. The highest BCUT2D eigenvalue weighted by Crippen LogP contribution is 2.33. The first kappa shape index (κ1) is 20.1. The van der Waals surface area contributed by atoms with Crippen molar-refractivity contribution in [2.45, 2.75) is 20.0 Å². The molecule has 2 aromatic carbocycles. The van der Waals surface area contributed by atoms with Gasteiger partial charge in [-0.3, -0.25) is 0 Å². The van der Waals surface area contributed by atoms with Gasteiger partial charge >= 0.3 is 5.97 Å². The smallest absolute Gasteiger partial charge is 0.339 e. The number of carbonyl (C=O) groups excluding carboxylic acids is 1. The van der Waals surface area contributed by atoms with Gasteiger partial charge in [0.15, 0.2) is 11.8 Å². The molecule has 30 heavy (non-hydrogen) atoms. The minimum atomic E-state index is -1.48. The Kier molecular flexibility index (Phi) is 5.28. The van der Waals surface area contributed by atoms with Gasteiger partial charge in [-0.05, 0) is 26.0 Å². The van der Waals surface area contributed by atoms with Gasteiger partial charge in [0.1, 0.15) is 0 Å². The molecule has 0 aliphatic heterocycles. The molecule has 4 aromatic rings. The summed E-state index contributed by atoms with van der Waals surface area (Å²) >= 11 is 6.14. The van der Waals surface area contributed by atoms with Crippen molar-refractivity contribution in [3.63, 3.8) is 0 Å². The number of carbonyl (C=O) groups is 1. The molecule has 0 saturated carbocycles. The van der Waals surface area contributed by atoms with E-state index in [1.165, 1.54) is 7.11 Å². The van der Waals surface area contributed by atoms with Crippen LogP contribution >= 0.6 is 11.6 Å². The lowest BCUT2D eigenvalue weighted by Crippen LogP contribution is -2.18. The van der Waals surface area contributed by atoms with Gasteiger partial charge in [-0.2, -0.15) is 5.10 Å². The Bertz CT molecular complexity index is 1250. The average molecular weight is 422 g/mol. The van der Waals surface area contributed by atoms with Crippen molar-refractivity contribution >= 4 is 23.2 Å². The molecule has 0 bridgehead atoms. The van der Waals surface area contributed by atoms with Crippen molar-refractivity contribution < 1.29 is 14.6 Å². The third kappa shape index (κ3) is 3.56. The van der Waals surface area contributed by atoms with E-state index in [2.05, 4.69) is 4.98 Å². The number of aromatic nitrogens is 3. The van der Waals surface area contributed by atoms with Crippen LogP contribution in [0.3, 0.4) is 0 Å². The molecule has 7 heteroatoms. The number of hydrogen-bond donors (Lipinski definition) is 1. The number of aliphatic hydroxyl groups is 1. The Morgan fingerprint density at radius 1 is 1.10 bits per heavy atom. The number of benzene rings is 2. The summed E-state index contributed by atoms with van der Waals surface area (Å²) in [6.45, 7) is 3.75. The van der Waals surface area contributed by atoms with Gasteiger partial charge in [0, 0.05) is 33.5 Å². The van der Waals surface area contributed by atoms with E-state index in [0.717, 1.165) is 16.7 Å². The quantitative estimate of drug-likeness (QED) is 0.489. The molecule has 0 aliphatic rings. The summed E-state index contributed by atoms with van der Waals surface area (Å²) in [4.78, 5) is 16.7. The number of ether oxygens (including phenoxy) is 1. The third-order valence-corrected chi connectivity index (χ3v) is 5.21. The monoisotopic (exact) mass is 421 g/mol. The molecule has 0 fully saturated rings. The summed E-state index contributed by atoms with van der Waals surface area (Å²) in [6.07, 6.45) is -1.48. The summed E-state index contributed by atoms with van der Waals surface area (Å²) < 4.78 is 6.42. The molecule has 1 atom stereocenters. The van der Waals surface area contributed by atoms with Crippen LogP contribution in [0.1, 0.15) is 22.9 Å². The molecule has 152 valence electrons. The van der Waals surface area contributed by atoms with Gasteiger partial charge < -0.3 is 9.84 Å². The second kappa shape index (κ2) is 7.89. The highest BCUT2D eigenvalue weighted by Gasteiger charge is 2.28. The molecule has 0 radical (unpaired) electrons. The van der Waals surface area contributed by atoms with E-state index >= 15 is 0 Å². The van der Waals surface area contributed by atoms with Gasteiger partial charge in [-0.25, -0.2) is 14.3 Å². The topological polar surface area (TPSA) is 76.7 Å². The van der Waals surface area contributed by atoms with E-state index in [-0.39, 0.29) is 0 Å². The molecular formula is C23H20ClN3O3. The summed E-state index contributed by atoms with van der Waals surface area (Å²) in [6, 6.07) is 17.0. The minimum Gasteiger partial charge on any atom is -0.467 e. The van der Waals surface area contributed by atoms with Crippen molar-refractivity contribution in [1.82, 2.24) is 14.6 Å². The lowest BCUT2D eigenvalue weighted by molar-refractivity contribution is -0.150. The number of methoxy groups -OCH3 is 1. The van der Waals surface area contributed by atoms with E-state index in [1.54, 1.807) is 17.5 Å².